The minimum absolute atomic E-state index is 0.105. The molecule has 0 amide bonds. The van der Waals surface area contributed by atoms with E-state index in [4.69, 9.17) is 16.7 Å². The number of aliphatic hydroxyl groups is 1. The molecule has 0 bridgehead atoms. The highest BCUT2D eigenvalue weighted by atomic mass is 35.5. The monoisotopic (exact) mass is 223 g/mol. The van der Waals surface area contributed by atoms with Gasteiger partial charge < -0.3 is 5.11 Å². The van der Waals surface area contributed by atoms with E-state index in [0.717, 1.165) is 11.3 Å². The van der Waals surface area contributed by atoms with Gasteiger partial charge in [-0.1, -0.05) is 16.8 Å². The molecule has 0 saturated carbocycles. The normalized spacial score (nSPS) is 10.6. The number of nitrogens with zero attached hydrogens (tertiary/aromatic N) is 3. The fourth-order valence-corrected chi connectivity index (χ4v) is 1.59. The van der Waals surface area contributed by atoms with E-state index in [-0.39, 0.29) is 6.61 Å². The fourth-order valence-electron chi connectivity index (χ4n) is 1.36. The second kappa shape index (κ2) is 4.00. The smallest absolute Gasteiger partial charge is 0.109 e. The molecule has 1 heterocycles. The van der Waals surface area contributed by atoms with Crippen LogP contribution in [0.5, 0.6) is 0 Å². The van der Waals surface area contributed by atoms with Gasteiger partial charge in [0.05, 0.1) is 18.5 Å². The first-order chi connectivity index (χ1) is 7.20. The number of rotatable bonds is 2. The van der Waals surface area contributed by atoms with E-state index in [1.54, 1.807) is 16.9 Å². The third-order valence-corrected chi connectivity index (χ3v) is 2.34. The molecule has 15 heavy (non-hydrogen) atoms. The average molecular weight is 224 g/mol. The Kier molecular flexibility index (Phi) is 2.70. The van der Waals surface area contributed by atoms with Gasteiger partial charge in [-0.3, -0.25) is 0 Å². The molecule has 5 heteroatoms. The maximum absolute atomic E-state index is 8.87. The Hall–Kier alpha value is -1.39. The number of hydrogen-bond acceptors (Lipinski definition) is 3. The first-order valence-corrected chi connectivity index (χ1v) is 4.87. The molecule has 0 atom stereocenters. The predicted octanol–water partition coefficient (Wildman–Crippen LogP) is 1.72. The molecular weight excluding hydrogens is 214 g/mol. The van der Waals surface area contributed by atoms with Gasteiger partial charge in [-0.05, 0) is 30.7 Å². The lowest BCUT2D eigenvalue weighted by molar-refractivity contribution is 0.276. The number of aryl methyl sites for hydroxylation is 1. The molecule has 0 fully saturated rings. The zero-order valence-corrected chi connectivity index (χ0v) is 8.94. The molecule has 2 aromatic rings. The maximum Gasteiger partial charge on any atom is 0.109 e. The molecule has 1 N–H and O–H groups in total. The van der Waals surface area contributed by atoms with E-state index in [1.807, 2.05) is 19.1 Å². The van der Waals surface area contributed by atoms with Gasteiger partial charge in [-0.15, -0.1) is 5.10 Å². The molecule has 1 aromatic carbocycles. The van der Waals surface area contributed by atoms with E-state index >= 15 is 0 Å². The molecule has 0 spiro atoms. The second-order valence-corrected chi connectivity index (χ2v) is 3.68. The van der Waals surface area contributed by atoms with E-state index in [1.165, 1.54) is 0 Å². The van der Waals surface area contributed by atoms with Crippen LogP contribution in [0, 0.1) is 6.92 Å². The van der Waals surface area contributed by atoms with Crippen molar-refractivity contribution in [3.05, 3.63) is 40.7 Å². The van der Waals surface area contributed by atoms with Crippen molar-refractivity contribution in [3.8, 4) is 5.69 Å². The Bertz CT molecular complexity index is 481. The summed E-state index contributed by atoms with van der Waals surface area (Å²) in [7, 11) is 0. The van der Waals surface area contributed by atoms with Gasteiger partial charge in [0.15, 0.2) is 0 Å². The number of aromatic nitrogens is 3. The zero-order valence-electron chi connectivity index (χ0n) is 8.18. The second-order valence-electron chi connectivity index (χ2n) is 3.24. The van der Waals surface area contributed by atoms with Crippen LogP contribution in [0.4, 0.5) is 0 Å². The summed E-state index contributed by atoms with van der Waals surface area (Å²) < 4.78 is 1.62. The Morgan fingerprint density at radius 1 is 1.47 bits per heavy atom. The van der Waals surface area contributed by atoms with Gasteiger partial charge in [-0.2, -0.15) is 0 Å². The molecule has 0 unspecified atom stereocenters. The molecule has 78 valence electrons. The Morgan fingerprint density at radius 3 is 2.87 bits per heavy atom. The number of benzene rings is 1. The minimum Gasteiger partial charge on any atom is -0.390 e. The summed E-state index contributed by atoms with van der Waals surface area (Å²) in [6.45, 7) is 1.84. The number of halogens is 1. The van der Waals surface area contributed by atoms with Crippen LogP contribution in [0.2, 0.25) is 5.02 Å². The molecule has 0 aliphatic carbocycles. The first-order valence-electron chi connectivity index (χ1n) is 4.49. The Labute approximate surface area is 92.1 Å². The lowest BCUT2D eigenvalue weighted by atomic mass is 10.2. The van der Waals surface area contributed by atoms with Gasteiger partial charge in [0, 0.05) is 5.02 Å². The Morgan fingerprint density at radius 2 is 2.27 bits per heavy atom. The van der Waals surface area contributed by atoms with Crippen LogP contribution in [-0.4, -0.2) is 20.1 Å². The van der Waals surface area contributed by atoms with Gasteiger partial charge in [0.1, 0.15) is 5.69 Å². The van der Waals surface area contributed by atoms with Gasteiger partial charge >= 0.3 is 0 Å². The fraction of sp³-hybridized carbons (Fsp3) is 0.200. The topological polar surface area (TPSA) is 50.9 Å². The lowest BCUT2D eigenvalue weighted by Gasteiger charge is -2.04. The summed E-state index contributed by atoms with van der Waals surface area (Å²) in [5.74, 6) is 0. The molecule has 4 nitrogen and oxygen atoms in total. The van der Waals surface area contributed by atoms with Crippen molar-refractivity contribution in [3.63, 3.8) is 0 Å². The summed E-state index contributed by atoms with van der Waals surface area (Å²) in [6.07, 6.45) is 1.69. The Balaban J connectivity index is 2.44. The van der Waals surface area contributed by atoms with Crippen molar-refractivity contribution in [2.75, 3.05) is 0 Å². The van der Waals surface area contributed by atoms with Crippen LogP contribution in [-0.2, 0) is 6.61 Å². The summed E-state index contributed by atoms with van der Waals surface area (Å²) in [6, 6.07) is 5.52. The van der Waals surface area contributed by atoms with Crippen molar-refractivity contribution in [2.45, 2.75) is 13.5 Å². The average Bonchev–Trinajstić information content (AvgIpc) is 2.66. The van der Waals surface area contributed by atoms with Crippen LogP contribution in [0.3, 0.4) is 0 Å². The summed E-state index contributed by atoms with van der Waals surface area (Å²) in [5.41, 5.74) is 2.47. The van der Waals surface area contributed by atoms with Gasteiger partial charge in [0.2, 0.25) is 0 Å². The van der Waals surface area contributed by atoms with Crippen molar-refractivity contribution < 1.29 is 5.11 Å². The highest BCUT2D eigenvalue weighted by Crippen LogP contribution is 2.18. The largest absolute Gasteiger partial charge is 0.390 e. The van der Waals surface area contributed by atoms with Crippen molar-refractivity contribution >= 4 is 11.6 Å². The van der Waals surface area contributed by atoms with Crippen molar-refractivity contribution in [1.82, 2.24) is 15.0 Å². The van der Waals surface area contributed by atoms with Crippen LogP contribution in [0.15, 0.2) is 24.4 Å². The predicted molar refractivity (Wildman–Crippen MR) is 57.0 cm³/mol. The van der Waals surface area contributed by atoms with E-state index in [9.17, 15) is 0 Å². The van der Waals surface area contributed by atoms with E-state index < -0.39 is 0 Å². The maximum atomic E-state index is 8.87. The lowest BCUT2D eigenvalue weighted by Crippen LogP contribution is -1.97. The molecule has 1 aromatic heterocycles. The van der Waals surface area contributed by atoms with Crippen LogP contribution in [0.25, 0.3) is 5.69 Å². The molecule has 0 aliphatic rings. The summed E-state index contributed by atoms with van der Waals surface area (Å²) in [4.78, 5) is 0. The molecular formula is C10H10ClN3O. The molecule has 0 saturated heterocycles. The van der Waals surface area contributed by atoms with Gasteiger partial charge in [-0.25, -0.2) is 4.68 Å². The highest BCUT2D eigenvalue weighted by molar-refractivity contribution is 6.30. The summed E-state index contributed by atoms with van der Waals surface area (Å²) >= 11 is 5.85. The van der Waals surface area contributed by atoms with Crippen molar-refractivity contribution in [1.29, 1.82) is 0 Å². The van der Waals surface area contributed by atoms with E-state index in [2.05, 4.69) is 10.3 Å². The molecule has 2 rings (SSSR count). The third-order valence-electron chi connectivity index (χ3n) is 2.11. The highest BCUT2D eigenvalue weighted by Gasteiger charge is 2.04. The van der Waals surface area contributed by atoms with Crippen molar-refractivity contribution in [2.24, 2.45) is 0 Å². The minimum atomic E-state index is -0.105. The molecule has 0 radical (unpaired) electrons. The zero-order chi connectivity index (χ0) is 10.8. The van der Waals surface area contributed by atoms with Crippen LogP contribution in [0.1, 0.15) is 11.3 Å². The third kappa shape index (κ3) is 2.00. The van der Waals surface area contributed by atoms with Crippen LogP contribution < -0.4 is 0 Å². The number of hydrogen-bond donors (Lipinski definition) is 1. The summed E-state index contributed by atoms with van der Waals surface area (Å²) in [5, 5.41) is 17.3. The SMILES string of the molecule is Cc1cc(Cl)ccc1-n1cc(CO)nn1. The van der Waals surface area contributed by atoms with E-state index in [0.29, 0.717) is 10.7 Å². The number of aliphatic hydroxyl groups excluding tert-OH is 1. The van der Waals surface area contributed by atoms with Gasteiger partial charge in [0.25, 0.3) is 0 Å². The molecule has 0 aliphatic heterocycles. The van der Waals surface area contributed by atoms with Crippen LogP contribution >= 0.6 is 11.6 Å². The first kappa shape index (κ1) is 10.1. The quantitative estimate of drug-likeness (QED) is 0.844. The standard InChI is InChI=1S/C10H10ClN3O/c1-7-4-8(11)2-3-10(7)14-5-9(6-15)12-13-14/h2-5,15H,6H2,1H3.